The zero-order chi connectivity index (χ0) is 15.6. The fourth-order valence-corrected chi connectivity index (χ4v) is 3.72. The molecule has 0 amide bonds. The Morgan fingerprint density at radius 2 is 1.96 bits per heavy atom. The molecule has 0 saturated heterocycles. The fraction of sp³-hybridized carbons (Fsp3) is 0.350. The van der Waals surface area contributed by atoms with Crippen LogP contribution in [0.5, 0.6) is 0 Å². The molecule has 23 heavy (non-hydrogen) atoms. The standard InChI is InChI=1S/C20H23N3/c1-2-13-23-19-10-6-5-9-18(19)22-20(23)14-21-17-12-11-15-7-3-4-8-16(15)17/h3-10,17,21H,2,11-14H2,1H3. The number of aromatic nitrogens is 2. The maximum atomic E-state index is 4.85. The van der Waals surface area contributed by atoms with Crippen molar-refractivity contribution in [2.24, 2.45) is 0 Å². The predicted octanol–water partition coefficient (Wildman–Crippen LogP) is 4.22. The number of benzene rings is 2. The lowest BCUT2D eigenvalue weighted by atomic mass is 10.1. The number of rotatable bonds is 5. The van der Waals surface area contributed by atoms with Crippen LogP contribution < -0.4 is 5.32 Å². The Hall–Kier alpha value is -2.13. The van der Waals surface area contributed by atoms with Crippen LogP contribution in [0.2, 0.25) is 0 Å². The first-order valence-electron chi connectivity index (χ1n) is 8.62. The number of para-hydroxylation sites is 2. The van der Waals surface area contributed by atoms with Gasteiger partial charge in [0.25, 0.3) is 0 Å². The number of hydrogen-bond acceptors (Lipinski definition) is 2. The van der Waals surface area contributed by atoms with Gasteiger partial charge in [-0.3, -0.25) is 0 Å². The fourth-order valence-electron chi connectivity index (χ4n) is 3.72. The SMILES string of the molecule is CCCn1c(CNC2CCc3ccccc32)nc2ccccc21. The molecular formula is C20H23N3. The highest BCUT2D eigenvalue weighted by atomic mass is 15.1. The van der Waals surface area contributed by atoms with Crippen LogP contribution in [0.25, 0.3) is 11.0 Å². The van der Waals surface area contributed by atoms with Gasteiger partial charge in [-0.1, -0.05) is 43.3 Å². The molecule has 1 heterocycles. The van der Waals surface area contributed by atoms with E-state index in [4.69, 9.17) is 4.98 Å². The van der Waals surface area contributed by atoms with Gasteiger partial charge in [0, 0.05) is 12.6 Å². The molecule has 3 heteroatoms. The Bertz CT molecular complexity index is 819. The summed E-state index contributed by atoms with van der Waals surface area (Å²) >= 11 is 0. The molecule has 1 aliphatic rings. The zero-order valence-corrected chi connectivity index (χ0v) is 13.6. The summed E-state index contributed by atoms with van der Waals surface area (Å²) in [7, 11) is 0. The van der Waals surface area contributed by atoms with Gasteiger partial charge in [-0.05, 0) is 42.5 Å². The maximum absolute atomic E-state index is 4.85. The first kappa shape index (κ1) is 14.5. The molecule has 1 atom stereocenters. The average molecular weight is 305 g/mol. The van der Waals surface area contributed by atoms with Gasteiger partial charge in [0.05, 0.1) is 17.6 Å². The summed E-state index contributed by atoms with van der Waals surface area (Å²) in [6, 6.07) is 17.7. The number of imidazole rings is 1. The van der Waals surface area contributed by atoms with Gasteiger partial charge in [-0.2, -0.15) is 0 Å². The second kappa shape index (κ2) is 6.17. The lowest BCUT2D eigenvalue weighted by Crippen LogP contribution is -2.21. The van der Waals surface area contributed by atoms with E-state index in [0.29, 0.717) is 6.04 Å². The number of nitrogens with zero attached hydrogens (tertiary/aromatic N) is 2. The average Bonchev–Trinajstić information content (AvgIpc) is 3.15. The molecule has 1 aliphatic carbocycles. The van der Waals surface area contributed by atoms with E-state index in [1.165, 1.54) is 29.5 Å². The molecule has 0 saturated carbocycles. The molecule has 0 fully saturated rings. The van der Waals surface area contributed by atoms with E-state index >= 15 is 0 Å². The van der Waals surface area contributed by atoms with Gasteiger partial charge < -0.3 is 9.88 Å². The van der Waals surface area contributed by atoms with Crippen molar-refractivity contribution in [1.29, 1.82) is 0 Å². The molecule has 3 nitrogen and oxygen atoms in total. The van der Waals surface area contributed by atoms with E-state index in [2.05, 4.69) is 65.3 Å². The minimum atomic E-state index is 0.459. The third-order valence-corrected chi connectivity index (χ3v) is 4.82. The van der Waals surface area contributed by atoms with Crippen LogP contribution in [0.15, 0.2) is 48.5 Å². The summed E-state index contributed by atoms with van der Waals surface area (Å²) in [4.78, 5) is 4.85. The zero-order valence-electron chi connectivity index (χ0n) is 13.6. The highest BCUT2D eigenvalue weighted by Gasteiger charge is 2.22. The lowest BCUT2D eigenvalue weighted by Gasteiger charge is -2.15. The second-order valence-corrected chi connectivity index (χ2v) is 6.34. The van der Waals surface area contributed by atoms with Crippen LogP contribution in [0.3, 0.4) is 0 Å². The quantitative estimate of drug-likeness (QED) is 0.764. The number of hydrogen-bond donors (Lipinski definition) is 1. The van der Waals surface area contributed by atoms with Crippen molar-refractivity contribution in [3.8, 4) is 0 Å². The minimum Gasteiger partial charge on any atom is -0.327 e. The molecule has 3 aromatic rings. The second-order valence-electron chi connectivity index (χ2n) is 6.34. The van der Waals surface area contributed by atoms with E-state index in [0.717, 1.165) is 30.9 Å². The van der Waals surface area contributed by atoms with Crippen molar-refractivity contribution in [2.45, 2.75) is 45.3 Å². The van der Waals surface area contributed by atoms with E-state index in [-0.39, 0.29) is 0 Å². The van der Waals surface area contributed by atoms with Crippen LogP contribution in [0.1, 0.15) is 42.8 Å². The summed E-state index contributed by atoms with van der Waals surface area (Å²) in [5.74, 6) is 1.15. The van der Waals surface area contributed by atoms with E-state index in [9.17, 15) is 0 Å². The van der Waals surface area contributed by atoms with Crippen molar-refractivity contribution < 1.29 is 0 Å². The summed E-state index contributed by atoms with van der Waals surface area (Å²) < 4.78 is 2.36. The Morgan fingerprint density at radius 1 is 1.13 bits per heavy atom. The highest BCUT2D eigenvalue weighted by molar-refractivity contribution is 5.75. The normalized spacial score (nSPS) is 16.8. The predicted molar refractivity (Wildman–Crippen MR) is 94.4 cm³/mol. The third kappa shape index (κ3) is 2.66. The summed E-state index contributed by atoms with van der Waals surface area (Å²) in [6.07, 6.45) is 3.49. The van der Waals surface area contributed by atoms with Gasteiger partial charge in [-0.15, -0.1) is 0 Å². The highest BCUT2D eigenvalue weighted by Crippen LogP contribution is 2.31. The monoisotopic (exact) mass is 305 g/mol. The molecular weight excluding hydrogens is 282 g/mol. The molecule has 0 spiro atoms. The van der Waals surface area contributed by atoms with Gasteiger partial charge in [0.2, 0.25) is 0 Å². The van der Waals surface area contributed by atoms with Crippen LogP contribution in [0, 0.1) is 0 Å². The van der Waals surface area contributed by atoms with Gasteiger partial charge in [0.1, 0.15) is 5.82 Å². The van der Waals surface area contributed by atoms with E-state index in [1.807, 2.05) is 0 Å². The summed E-state index contributed by atoms with van der Waals surface area (Å²) in [5.41, 5.74) is 5.31. The maximum Gasteiger partial charge on any atom is 0.123 e. The Morgan fingerprint density at radius 3 is 2.87 bits per heavy atom. The van der Waals surface area contributed by atoms with Crippen molar-refractivity contribution in [1.82, 2.24) is 14.9 Å². The van der Waals surface area contributed by atoms with Gasteiger partial charge in [-0.25, -0.2) is 4.98 Å². The Labute approximate surface area is 137 Å². The Balaban J connectivity index is 1.58. The molecule has 1 unspecified atom stereocenters. The van der Waals surface area contributed by atoms with Gasteiger partial charge >= 0.3 is 0 Å². The van der Waals surface area contributed by atoms with Crippen molar-refractivity contribution in [3.05, 3.63) is 65.5 Å². The molecule has 1 N–H and O–H groups in total. The smallest absolute Gasteiger partial charge is 0.123 e. The van der Waals surface area contributed by atoms with E-state index < -0.39 is 0 Å². The van der Waals surface area contributed by atoms with Crippen molar-refractivity contribution in [3.63, 3.8) is 0 Å². The molecule has 0 radical (unpaired) electrons. The third-order valence-electron chi connectivity index (χ3n) is 4.82. The number of aryl methyl sites for hydroxylation is 2. The molecule has 1 aromatic heterocycles. The Kier molecular flexibility index (Phi) is 3.88. The largest absolute Gasteiger partial charge is 0.327 e. The van der Waals surface area contributed by atoms with Crippen LogP contribution >= 0.6 is 0 Å². The van der Waals surface area contributed by atoms with Crippen molar-refractivity contribution >= 4 is 11.0 Å². The number of nitrogens with one attached hydrogen (secondary N) is 1. The first-order chi connectivity index (χ1) is 11.4. The van der Waals surface area contributed by atoms with Crippen LogP contribution in [-0.4, -0.2) is 9.55 Å². The topological polar surface area (TPSA) is 29.9 Å². The molecule has 2 aromatic carbocycles. The molecule has 118 valence electrons. The number of fused-ring (bicyclic) bond motifs is 2. The van der Waals surface area contributed by atoms with Crippen LogP contribution in [0.4, 0.5) is 0 Å². The first-order valence-corrected chi connectivity index (χ1v) is 8.62. The molecule has 0 bridgehead atoms. The summed E-state index contributed by atoms with van der Waals surface area (Å²) in [5, 5.41) is 3.73. The van der Waals surface area contributed by atoms with Crippen molar-refractivity contribution in [2.75, 3.05) is 0 Å². The molecule has 0 aliphatic heterocycles. The minimum absolute atomic E-state index is 0.459. The lowest BCUT2D eigenvalue weighted by molar-refractivity contribution is 0.504. The van der Waals surface area contributed by atoms with E-state index in [1.54, 1.807) is 0 Å². The van der Waals surface area contributed by atoms with Gasteiger partial charge in [0.15, 0.2) is 0 Å². The van der Waals surface area contributed by atoms with Crippen LogP contribution in [-0.2, 0) is 19.5 Å². The summed E-state index contributed by atoms with van der Waals surface area (Å²) in [6.45, 7) is 4.08. The molecule has 4 rings (SSSR count).